The van der Waals surface area contributed by atoms with E-state index in [0.717, 1.165) is 19.3 Å². The molecule has 3 aromatic rings. The first kappa shape index (κ1) is 32.0. The second-order valence-electron chi connectivity index (χ2n) is 12.5. The van der Waals surface area contributed by atoms with Crippen LogP contribution < -0.4 is 14.8 Å². The highest BCUT2D eigenvalue weighted by molar-refractivity contribution is 5.89. The van der Waals surface area contributed by atoms with E-state index in [1.165, 1.54) is 9.80 Å². The van der Waals surface area contributed by atoms with E-state index in [4.69, 9.17) is 19.2 Å². The first-order valence-corrected chi connectivity index (χ1v) is 15.4. The number of nitrogens with zero attached hydrogens (tertiary/aromatic N) is 5. The SMILES string of the molecule is CCCCN(C(=O)[C@@H]1C[C@H](Oc2cc(-n3cccn3)nc3cc(OC)ccc23)N(C(=O)OC(C)(C)C)C1)[C@@H](O)C(=O)NC1CC1. The van der Waals surface area contributed by atoms with Crippen LogP contribution in [0.15, 0.2) is 42.7 Å². The molecule has 1 aliphatic carbocycles. The molecule has 0 unspecified atom stereocenters. The fraction of sp³-hybridized carbons (Fsp3) is 0.531. The van der Waals surface area contributed by atoms with Gasteiger partial charge in [-0.1, -0.05) is 13.3 Å². The number of hydrogen-bond acceptors (Lipinski definition) is 9. The van der Waals surface area contributed by atoms with Crippen molar-refractivity contribution in [1.29, 1.82) is 0 Å². The van der Waals surface area contributed by atoms with Gasteiger partial charge in [-0.05, 0) is 58.2 Å². The fourth-order valence-corrected chi connectivity index (χ4v) is 5.22. The van der Waals surface area contributed by atoms with E-state index < -0.39 is 41.9 Å². The number of nitrogens with one attached hydrogen (secondary N) is 1. The maximum absolute atomic E-state index is 14.0. The van der Waals surface area contributed by atoms with Crippen LogP contribution in [0.2, 0.25) is 0 Å². The van der Waals surface area contributed by atoms with E-state index in [2.05, 4.69) is 10.4 Å². The van der Waals surface area contributed by atoms with Gasteiger partial charge < -0.3 is 29.5 Å². The smallest absolute Gasteiger partial charge is 0.413 e. The number of methoxy groups -OCH3 is 1. The van der Waals surface area contributed by atoms with Crippen molar-refractivity contribution in [3.8, 4) is 17.3 Å². The third kappa shape index (κ3) is 7.64. The van der Waals surface area contributed by atoms with Gasteiger partial charge in [-0.3, -0.25) is 14.5 Å². The van der Waals surface area contributed by atoms with Crippen molar-refractivity contribution in [1.82, 2.24) is 29.9 Å². The van der Waals surface area contributed by atoms with Gasteiger partial charge in [-0.25, -0.2) is 14.5 Å². The van der Waals surface area contributed by atoms with Crippen LogP contribution in [0.4, 0.5) is 4.79 Å². The molecule has 3 heterocycles. The fourth-order valence-electron chi connectivity index (χ4n) is 5.22. The number of aliphatic hydroxyl groups excluding tert-OH is 1. The van der Waals surface area contributed by atoms with Gasteiger partial charge in [-0.15, -0.1) is 0 Å². The Bertz CT molecular complexity index is 1520. The summed E-state index contributed by atoms with van der Waals surface area (Å²) in [6.07, 6.45) is 3.43. The van der Waals surface area contributed by atoms with Crippen LogP contribution >= 0.6 is 0 Å². The molecule has 0 spiro atoms. The molecule has 2 N–H and O–H groups in total. The summed E-state index contributed by atoms with van der Waals surface area (Å²) in [6.45, 7) is 7.45. The third-order valence-electron chi connectivity index (χ3n) is 7.68. The molecule has 1 saturated carbocycles. The van der Waals surface area contributed by atoms with Gasteiger partial charge in [0, 0.05) is 55.5 Å². The number of rotatable bonds is 11. The Morgan fingerprint density at radius 2 is 1.98 bits per heavy atom. The largest absolute Gasteiger partial charge is 0.497 e. The van der Waals surface area contributed by atoms with Crippen molar-refractivity contribution in [2.24, 2.45) is 5.92 Å². The van der Waals surface area contributed by atoms with E-state index >= 15 is 0 Å². The number of carbonyl (C=O) groups excluding carboxylic acids is 3. The van der Waals surface area contributed by atoms with Crippen molar-refractivity contribution in [2.75, 3.05) is 20.2 Å². The molecule has 2 aliphatic rings. The molecular weight excluding hydrogens is 580 g/mol. The monoisotopic (exact) mass is 622 g/mol. The molecule has 5 rings (SSSR count). The minimum atomic E-state index is -1.63. The predicted molar refractivity (Wildman–Crippen MR) is 165 cm³/mol. The number of unbranched alkanes of at least 4 members (excludes halogenated alkanes) is 1. The van der Waals surface area contributed by atoms with Crippen molar-refractivity contribution >= 4 is 28.8 Å². The Morgan fingerprint density at radius 1 is 1.20 bits per heavy atom. The van der Waals surface area contributed by atoms with E-state index in [1.54, 1.807) is 69.2 Å². The van der Waals surface area contributed by atoms with E-state index in [0.29, 0.717) is 34.6 Å². The molecule has 3 amide bonds. The average molecular weight is 623 g/mol. The molecule has 0 radical (unpaired) electrons. The summed E-state index contributed by atoms with van der Waals surface area (Å²) in [6, 6.07) is 8.92. The third-order valence-corrected chi connectivity index (χ3v) is 7.68. The number of carbonyl (C=O) groups is 3. The maximum Gasteiger partial charge on any atom is 0.413 e. The number of fused-ring (bicyclic) bond motifs is 1. The minimum Gasteiger partial charge on any atom is -0.497 e. The predicted octanol–water partition coefficient (Wildman–Crippen LogP) is 3.62. The van der Waals surface area contributed by atoms with Gasteiger partial charge >= 0.3 is 6.09 Å². The van der Waals surface area contributed by atoms with Gasteiger partial charge in [-0.2, -0.15) is 5.10 Å². The molecule has 45 heavy (non-hydrogen) atoms. The Morgan fingerprint density at radius 3 is 2.62 bits per heavy atom. The van der Waals surface area contributed by atoms with E-state index in [-0.39, 0.29) is 25.6 Å². The Hall–Kier alpha value is -4.39. The zero-order chi connectivity index (χ0) is 32.3. The number of aromatic nitrogens is 3. The van der Waals surface area contributed by atoms with Gasteiger partial charge in [0.2, 0.25) is 12.1 Å². The lowest BCUT2D eigenvalue weighted by Crippen LogP contribution is -2.52. The highest BCUT2D eigenvalue weighted by Crippen LogP contribution is 2.35. The number of hydrogen-bond donors (Lipinski definition) is 2. The standard InChI is InChI=1S/C32H42N6O7/c1-6-7-14-36(30(41)28(39)34-21-9-10-21)29(40)20-16-27(37(19-20)31(42)45-32(2,3)4)44-25-18-26(38-15-8-13-33-38)35-24-17-22(43-5)11-12-23(24)25/h8,11-13,15,17-18,20-21,27,30,41H,6-7,9-10,14,16,19H2,1-5H3,(H,34,39)/t20-,27+,30+/m1/s1. The molecule has 13 heteroatoms. The molecule has 1 saturated heterocycles. The molecule has 2 fully saturated rings. The van der Waals surface area contributed by atoms with Crippen molar-refractivity contribution in [2.45, 2.75) is 83.9 Å². The van der Waals surface area contributed by atoms with Crippen molar-refractivity contribution in [3.05, 3.63) is 42.7 Å². The van der Waals surface area contributed by atoms with Crippen molar-refractivity contribution < 1.29 is 33.7 Å². The number of amides is 3. The summed E-state index contributed by atoms with van der Waals surface area (Å²) in [4.78, 5) is 47.5. The molecule has 0 bridgehead atoms. The van der Waals surface area contributed by atoms with Crippen LogP contribution in [0.1, 0.15) is 59.8 Å². The maximum atomic E-state index is 14.0. The number of pyridine rings is 1. The second-order valence-corrected chi connectivity index (χ2v) is 12.5. The molecular formula is C32H42N6O7. The zero-order valence-electron chi connectivity index (χ0n) is 26.4. The lowest BCUT2D eigenvalue weighted by Gasteiger charge is -2.30. The Kier molecular flexibility index (Phi) is 9.47. The number of ether oxygens (including phenoxy) is 3. The van der Waals surface area contributed by atoms with Crippen molar-refractivity contribution in [3.63, 3.8) is 0 Å². The summed E-state index contributed by atoms with van der Waals surface area (Å²) in [5, 5.41) is 18.7. The average Bonchev–Trinajstić information content (AvgIpc) is 3.46. The quantitative estimate of drug-likeness (QED) is 0.306. The normalized spacial score (nSPS) is 18.8. The van der Waals surface area contributed by atoms with Crippen LogP contribution in [-0.4, -0.2) is 91.9 Å². The Labute approximate surface area is 262 Å². The van der Waals surface area contributed by atoms with Crippen LogP contribution in [0.5, 0.6) is 11.5 Å². The molecule has 242 valence electrons. The highest BCUT2D eigenvalue weighted by atomic mass is 16.6. The van der Waals surface area contributed by atoms with Gasteiger partial charge in [0.1, 0.15) is 17.1 Å². The zero-order valence-corrected chi connectivity index (χ0v) is 26.4. The molecule has 13 nitrogen and oxygen atoms in total. The molecule has 2 aromatic heterocycles. The summed E-state index contributed by atoms with van der Waals surface area (Å²) in [5.74, 6) is -0.254. The first-order valence-electron chi connectivity index (χ1n) is 15.4. The summed E-state index contributed by atoms with van der Waals surface area (Å²) >= 11 is 0. The number of benzene rings is 1. The number of likely N-dealkylation sites (tertiary alicyclic amines) is 1. The summed E-state index contributed by atoms with van der Waals surface area (Å²) in [7, 11) is 1.57. The Balaban J connectivity index is 1.47. The second kappa shape index (κ2) is 13.3. The highest BCUT2D eigenvalue weighted by Gasteiger charge is 2.45. The van der Waals surface area contributed by atoms with Gasteiger partial charge in [0.15, 0.2) is 12.0 Å². The topological polar surface area (TPSA) is 148 Å². The summed E-state index contributed by atoms with van der Waals surface area (Å²) in [5.41, 5.74) is -0.205. The lowest BCUT2D eigenvalue weighted by atomic mass is 10.1. The molecule has 1 aromatic carbocycles. The van der Waals surface area contributed by atoms with Crippen LogP contribution in [0.25, 0.3) is 16.7 Å². The van der Waals surface area contributed by atoms with Crippen LogP contribution in [0.3, 0.4) is 0 Å². The molecule has 1 aliphatic heterocycles. The van der Waals surface area contributed by atoms with E-state index in [1.807, 2.05) is 13.0 Å². The van der Waals surface area contributed by atoms with Gasteiger partial charge in [0.05, 0.1) is 18.5 Å². The van der Waals surface area contributed by atoms with E-state index in [9.17, 15) is 19.5 Å². The minimum absolute atomic E-state index is 0.0130. The lowest BCUT2D eigenvalue weighted by molar-refractivity contribution is -0.156. The molecule has 3 atom stereocenters. The number of aliphatic hydroxyl groups is 1. The first-order chi connectivity index (χ1) is 21.5. The van der Waals surface area contributed by atoms with Crippen LogP contribution in [-0.2, 0) is 14.3 Å². The van der Waals surface area contributed by atoms with Crippen LogP contribution in [0, 0.1) is 5.92 Å². The summed E-state index contributed by atoms with van der Waals surface area (Å²) < 4.78 is 19.3. The van der Waals surface area contributed by atoms with Gasteiger partial charge in [0.25, 0.3) is 5.91 Å².